The van der Waals surface area contributed by atoms with Crippen LogP contribution >= 0.6 is 0 Å². The van der Waals surface area contributed by atoms with Gasteiger partial charge in [0.05, 0.1) is 11.7 Å². The van der Waals surface area contributed by atoms with Crippen molar-refractivity contribution in [2.24, 2.45) is 5.73 Å². The summed E-state index contributed by atoms with van der Waals surface area (Å²) < 4.78 is 5.49. The van der Waals surface area contributed by atoms with Crippen LogP contribution in [0.25, 0.3) is 0 Å². The average Bonchev–Trinajstić information content (AvgIpc) is 2.28. The maximum absolute atomic E-state index is 11.4. The zero-order valence-electron chi connectivity index (χ0n) is 10.5. The number of rotatable bonds is 3. The maximum atomic E-state index is 11.4. The minimum atomic E-state index is -0.447. The number of nitrogens with one attached hydrogen (secondary N) is 1. The molecule has 1 saturated heterocycles. The number of nitrogen functional groups attached to an aromatic ring is 1. The number of benzene rings is 1. The summed E-state index contributed by atoms with van der Waals surface area (Å²) in [6, 6.07) is 5.37. The fourth-order valence-corrected chi connectivity index (χ4v) is 2.25. The van der Waals surface area contributed by atoms with Crippen molar-refractivity contribution in [2.45, 2.75) is 31.9 Å². The highest BCUT2D eigenvalue weighted by molar-refractivity contribution is 5.99. The number of hydrogen-bond acceptors (Lipinski definition) is 4. The number of nitrogens with two attached hydrogens (primary N) is 2. The van der Waals surface area contributed by atoms with E-state index in [-0.39, 0.29) is 12.1 Å². The summed E-state index contributed by atoms with van der Waals surface area (Å²) >= 11 is 0. The fraction of sp³-hybridized carbons (Fsp3) is 0.462. The van der Waals surface area contributed by atoms with Crippen LogP contribution in [0.5, 0.6) is 0 Å². The topological polar surface area (TPSA) is 90.4 Å². The third-order valence-electron chi connectivity index (χ3n) is 3.15. The van der Waals surface area contributed by atoms with Crippen molar-refractivity contribution in [3.8, 4) is 0 Å². The monoisotopic (exact) mass is 249 g/mol. The SMILES string of the molecule is CC1CC(Nc2cc(N)ccc2C(N)=O)CCO1. The molecule has 5 nitrogen and oxygen atoms in total. The fourth-order valence-electron chi connectivity index (χ4n) is 2.25. The molecule has 5 heteroatoms. The van der Waals surface area contributed by atoms with Gasteiger partial charge in [0.1, 0.15) is 0 Å². The van der Waals surface area contributed by atoms with Gasteiger partial charge < -0.3 is 21.5 Å². The summed E-state index contributed by atoms with van der Waals surface area (Å²) in [5, 5.41) is 3.34. The molecule has 5 N–H and O–H groups in total. The average molecular weight is 249 g/mol. The van der Waals surface area contributed by atoms with Crippen LogP contribution in [0.2, 0.25) is 0 Å². The van der Waals surface area contributed by atoms with Crippen molar-refractivity contribution in [1.82, 2.24) is 0 Å². The lowest BCUT2D eigenvalue weighted by atomic mass is 10.0. The third kappa shape index (κ3) is 2.92. The quantitative estimate of drug-likeness (QED) is 0.705. The Labute approximate surface area is 106 Å². The maximum Gasteiger partial charge on any atom is 0.250 e. The third-order valence-corrected chi connectivity index (χ3v) is 3.15. The number of hydrogen-bond donors (Lipinski definition) is 3. The second-order valence-electron chi connectivity index (χ2n) is 4.72. The molecule has 98 valence electrons. The number of primary amides is 1. The van der Waals surface area contributed by atoms with Crippen LogP contribution in [0.15, 0.2) is 18.2 Å². The van der Waals surface area contributed by atoms with Gasteiger partial charge in [0.25, 0.3) is 5.91 Å². The Morgan fingerprint density at radius 3 is 2.94 bits per heavy atom. The standard InChI is InChI=1S/C13H19N3O2/c1-8-6-10(4-5-18-8)16-12-7-9(14)2-3-11(12)13(15)17/h2-3,7-8,10,16H,4-6,14H2,1H3,(H2,15,17). The summed E-state index contributed by atoms with van der Waals surface area (Å²) in [4.78, 5) is 11.4. The van der Waals surface area contributed by atoms with Gasteiger partial charge in [-0.15, -0.1) is 0 Å². The summed E-state index contributed by atoms with van der Waals surface area (Å²) in [6.07, 6.45) is 2.05. The first-order chi connectivity index (χ1) is 8.56. The highest BCUT2D eigenvalue weighted by Gasteiger charge is 2.20. The Bertz CT molecular complexity index is 448. The van der Waals surface area contributed by atoms with E-state index in [4.69, 9.17) is 16.2 Å². The van der Waals surface area contributed by atoms with Crippen molar-refractivity contribution in [1.29, 1.82) is 0 Å². The van der Waals surface area contributed by atoms with Crippen LogP contribution in [0.3, 0.4) is 0 Å². The normalized spacial score (nSPS) is 23.6. The summed E-state index contributed by atoms with van der Waals surface area (Å²) in [6.45, 7) is 2.77. The Kier molecular flexibility index (Phi) is 3.72. The molecule has 2 unspecified atom stereocenters. The zero-order chi connectivity index (χ0) is 13.1. The van der Waals surface area contributed by atoms with E-state index in [0.29, 0.717) is 16.9 Å². The minimum absolute atomic E-state index is 0.231. The van der Waals surface area contributed by atoms with Gasteiger partial charge in [-0.1, -0.05) is 0 Å². The van der Waals surface area contributed by atoms with Gasteiger partial charge in [-0.25, -0.2) is 0 Å². The number of carbonyl (C=O) groups excluding carboxylic acids is 1. The van der Waals surface area contributed by atoms with Gasteiger partial charge in [-0.2, -0.15) is 0 Å². The van der Waals surface area contributed by atoms with Gasteiger partial charge in [0.2, 0.25) is 0 Å². The molecule has 0 bridgehead atoms. The van der Waals surface area contributed by atoms with Gasteiger partial charge >= 0.3 is 0 Å². The van der Waals surface area contributed by atoms with Crippen molar-refractivity contribution in [3.63, 3.8) is 0 Å². The van der Waals surface area contributed by atoms with E-state index in [1.165, 1.54) is 0 Å². The lowest BCUT2D eigenvalue weighted by molar-refractivity contribution is 0.0232. The van der Waals surface area contributed by atoms with E-state index in [1.807, 2.05) is 6.92 Å². The molecule has 0 radical (unpaired) electrons. The molecular weight excluding hydrogens is 230 g/mol. The van der Waals surface area contributed by atoms with Gasteiger partial charge in [-0.05, 0) is 38.0 Å². The molecular formula is C13H19N3O2. The molecule has 2 rings (SSSR count). The number of ether oxygens (including phenoxy) is 1. The molecule has 1 aliphatic rings. The molecule has 0 saturated carbocycles. The van der Waals surface area contributed by atoms with Gasteiger partial charge in [-0.3, -0.25) is 4.79 Å². The first-order valence-electron chi connectivity index (χ1n) is 6.13. The van der Waals surface area contributed by atoms with Crippen LogP contribution in [0.4, 0.5) is 11.4 Å². The predicted molar refractivity (Wildman–Crippen MR) is 71.4 cm³/mol. The van der Waals surface area contributed by atoms with E-state index < -0.39 is 5.91 Å². The predicted octanol–water partition coefficient (Wildman–Crippen LogP) is 1.35. The molecule has 1 aromatic carbocycles. The minimum Gasteiger partial charge on any atom is -0.399 e. The van der Waals surface area contributed by atoms with Crippen molar-refractivity contribution < 1.29 is 9.53 Å². The van der Waals surface area contributed by atoms with Gasteiger partial charge in [0.15, 0.2) is 0 Å². The molecule has 1 amide bonds. The second kappa shape index (κ2) is 5.27. The van der Waals surface area contributed by atoms with Crippen molar-refractivity contribution in [2.75, 3.05) is 17.7 Å². The molecule has 0 spiro atoms. The Balaban J connectivity index is 2.16. The van der Waals surface area contributed by atoms with E-state index in [2.05, 4.69) is 5.32 Å². The first-order valence-corrected chi connectivity index (χ1v) is 6.13. The van der Waals surface area contributed by atoms with Crippen molar-refractivity contribution >= 4 is 17.3 Å². The second-order valence-corrected chi connectivity index (χ2v) is 4.72. The highest BCUT2D eigenvalue weighted by Crippen LogP contribution is 2.23. The van der Waals surface area contributed by atoms with Crippen LogP contribution in [-0.2, 0) is 4.74 Å². The Hall–Kier alpha value is -1.75. The lowest BCUT2D eigenvalue weighted by Crippen LogP contribution is -2.33. The Morgan fingerprint density at radius 2 is 2.28 bits per heavy atom. The van der Waals surface area contributed by atoms with Crippen LogP contribution in [0.1, 0.15) is 30.1 Å². The molecule has 0 aromatic heterocycles. The van der Waals surface area contributed by atoms with Crippen LogP contribution in [0, 0.1) is 0 Å². The molecule has 1 aromatic rings. The lowest BCUT2D eigenvalue weighted by Gasteiger charge is -2.29. The molecule has 2 atom stereocenters. The van der Waals surface area contributed by atoms with Gasteiger partial charge in [0, 0.05) is 24.0 Å². The molecule has 1 heterocycles. The summed E-state index contributed by atoms with van der Waals surface area (Å²) in [5.74, 6) is -0.447. The van der Waals surface area contributed by atoms with Crippen molar-refractivity contribution in [3.05, 3.63) is 23.8 Å². The summed E-state index contributed by atoms with van der Waals surface area (Å²) in [5.41, 5.74) is 12.9. The molecule has 1 aliphatic heterocycles. The summed E-state index contributed by atoms with van der Waals surface area (Å²) in [7, 11) is 0. The number of amides is 1. The smallest absolute Gasteiger partial charge is 0.250 e. The van der Waals surface area contributed by atoms with E-state index >= 15 is 0 Å². The Morgan fingerprint density at radius 1 is 1.50 bits per heavy atom. The zero-order valence-corrected chi connectivity index (χ0v) is 10.5. The molecule has 0 aliphatic carbocycles. The number of anilines is 2. The van der Waals surface area contributed by atoms with E-state index in [0.717, 1.165) is 19.4 Å². The number of carbonyl (C=O) groups is 1. The highest BCUT2D eigenvalue weighted by atomic mass is 16.5. The van der Waals surface area contributed by atoms with E-state index in [1.54, 1.807) is 18.2 Å². The molecule has 18 heavy (non-hydrogen) atoms. The first kappa shape index (κ1) is 12.7. The molecule has 1 fully saturated rings. The largest absolute Gasteiger partial charge is 0.399 e. The van der Waals surface area contributed by atoms with Crippen LogP contribution in [-0.4, -0.2) is 24.7 Å². The van der Waals surface area contributed by atoms with Crippen LogP contribution < -0.4 is 16.8 Å². The van der Waals surface area contributed by atoms with E-state index in [9.17, 15) is 4.79 Å².